The predicted molar refractivity (Wildman–Crippen MR) is 78.1 cm³/mol. The topological polar surface area (TPSA) is 80.7 Å². The molecule has 0 aliphatic carbocycles. The fourth-order valence-corrected chi connectivity index (χ4v) is 1.81. The van der Waals surface area contributed by atoms with Crippen LogP contribution in [0.4, 0.5) is 5.82 Å². The molecule has 1 aromatic heterocycles. The van der Waals surface area contributed by atoms with Gasteiger partial charge in [-0.25, -0.2) is 9.78 Å². The van der Waals surface area contributed by atoms with Crippen LogP contribution in [0.5, 0.6) is 11.5 Å². The first-order valence-electron chi connectivity index (χ1n) is 6.28. The number of rotatable bonds is 6. The van der Waals surface area contributed by atoms with Crippen molar-refractivity contribution in [1.82, 2.24) is 4.98 Å². The van der Waals surface area contributed by atoms with Gasteiger partial charge in [0.1, 0.15) is 5.82 Å². The van der Waals surface area contributed by atoms with Crippen LogP contribution in [0.1, 0.15) is 15.9 Å². The van der Waals surface area contributed by atoms with Gasteiger partial charge in [-0.2, -0.15) is 0 Å². The molecule has 2 N–H and O–H groups in total. The quantitative estimate of drug-likeness (QED) is 0.849. The molecule has 1 heterocycles. The van der Waals surface area contributed by atoms with E-state index in [1.54, 1.807) is 20.3 Å². The number of benzene rings is 1. The average Bonchev–Trinajstić information content (AvgIpc) is 2.52. The number of nitrogens with zero attached hydrogens (tertiary/aromatic N) is 1. The molecule has 2 rings (SSSR count). The Morgan fingerprint density at radius 3 is 2.52 bits per heavy atom. The first kappa shape index (κ1) is 14.6. The summed E-state index contributed by atoms with van der Waals surface area (Å²) in [5, 5.41) is 11.9. The molecule has 0 bridgehead atoms. The minimum Gasteiger partial charge on any atom is -0.493 e. The summed E-state index contributed by atoms with van der Waals surface area (Å²) < 4.78 is 10.4. The van der Waals surface area contributed by atoms with Crippen LogP contribution in [0.25, 0.3) is 0 Å². The second-order valence-electron chi connectivity index (χ2n) is 4.28. The first-order valence-corrected chi connectivity index (χ1v) is 6.28. The SMILES string of the molecule is COc1ccc(CNc2ccc(C(=O)O)cn2)cc1OC. The van der Waals surface area contributed by atoms with E-state index in [-0.39, 0.29) is 5.56 Å². The van der Waals surface area contributed by atoms with Crippen LogP contribution in [0.3, 0.4) is 0 Å². The zero-order valence-electron chi connectivity index (χ0n) is 11.8. The zero-order chi connectivity index (χ0) is 15.2. The van der Waals surface area contributed by atoms with Crippen molar-refractivity contribution in [3.05, 3.63) is 47.7 Å². The number of aromatic carboxylic acids is 1. The van der Waals surface area contributed by atoms with Crippen LogP contribution in [0.2, 0.25) is 0 Å². The van der Waals surface area contributed by atoms with Crippen molar-refractivity contribution >= 4 is 11.8 Å². The Kier molecular flexibility index (Phi) is 4.61. The van der Waals surface area contributed by atoms with Gasteiger partial charge in [0.05, 0.1) is 19.8 Å². The third kappa shape index (κ3) is 3.62. The van der Waals surface area contributed by atoms with E-state index in [9.17, 15) is 4.79 Å². The summed E-state index contributed by atoms with van der Waals surface area (Å²) in [5.74, 6) is 0.944. The van der Waals surface area contributed by atoms with Crippen molar-refractivity contribution in [2.45, 2.75) is 6.54 Å². The molecule has 6 heteroatoms. The van der Waals surface area contributed by atoms with E-state index in [1.807, 2.05) is 18.2 Å². The van der Waals surface area contributed by atoms with Gasteiger partial charge in [-0.05, 0) is 29.8 Å². The molecule has 0 saturated heterocycles. The Bertz CT molecular complexity index is 626. The fraction of sp³-hybridized carbons (Fsp3) is 0.200. The number of pyridine rings is 1. The van der Waals surface area contributed by atoms with Crippen LogP contribution in [-0.4, -0.2) is 30.3 Å². The molecule has 0 unspecified atom stereocenters. The summed E-state index contributed by atoms with van der Waals surface area (Å²) >= 11 is 0. The summed E-state index contributed by atoms with van der Waals surface area (Å²) in [7, 11) is 3.17. The van der Waals surface area contributed by atoms with Crippen LogP contribution in [-0.2, 0) is 6.54 Å². The molecule has 0 aliphatic rings. The third-order valence-electron chi connectivity index (χ3n) is 2.93. The first-order chi connectivity index (χ1) is 10.1. The van der Waals surface area contributed by atoms with E-state index < -0.39 is 5.97 Å². The maximum absolute atomic E-state index is 10.7. The standard InChI is InChI=1S/C15H16N2O4/c1-20-12-5-3-10(7-13(12)21-2)8-16-14-6-4-11(9-17-14)15(18)19/h3-7,9H,8H2,1-2H3,(H,16,17)(H,18,19). The highest BCUT2D eigenvalue weighted by molar-refractivity contribution is 5.87. The second kappa shape index (κ2) is 6.60. The van der Waals surface area contributed by atoms with Crippen LogP contribution < -0.4 is 14.8 Å². The number of carboxylic acids is 1. The van der Waals surface area contributed by atoms with E-state index in [0.29, 0.717) is 23.9 Å². The van der Waals surface area contributed by atoms with E-state index in [0.717, 1.165) is 5.56 Å². The molecule has 0 radical (unpaired) electrons. The van der Waals surface area contributed by atoms with E-state index in [2.05, 4.69) is 10.3 Å². The highest BCUT2D eigenvalue weighted by atomic mass is 16.5. The van der Waals surface area contributed by atoms with Crippen molar-refractivity contribution in [2.24, 2.45) is 0 Å². The van der Waals surface area contributed by atoms with E-state index >= 15 is 0 Å². The largest absolute Gasteiger partial charge is 0.493 e. The molecule has 0 fully saturated rings. The lowest BCUT2D eigenvalue weighted by Gasteiger charge is -2.10. The van der Waals surface area contributed by atoms with Crippen molar-refractivity contribution in [3.63, 3.8) is 0 Å². The lowest BCUT2D eigenvalue weighted by atomic mass is 10.2. The van der Waals surface area contributed by atoms with Crippen molar-refractivity contribution in [1.29, 1.82) is 0 Å². The second-order valence-corrected chi connectivity index (χ2v) is 4.28. The predicted octanol–water partition coefficient (Wildman–Crippen LogP) is 2.41. The van der Waals surface area contributed by atoms with Gasteiger partial charge in [-0.3, -0.25) is 0 Å². The Balaban J connectivity index is 2.04. The van der Waals surface area contributed by atoms with Gasteiger partial charge in [-0.1, -0.05) is 6.07 Å². The van der Waals surface area contributed by atoms with Crippen molar-refractivity contribution in [3.8, 4) is 11.5 Å². The smallest absolute Gasteiger partial charge is 0.337 e. The molecular formula is C15H16N2O4. The number of nitrogens with one attached hydrogen (secondary N) is 1. The van der Waals surface area contributed by atoms with Gasteiger partial charge in [0.25, 0.3) is 0 Å². The van der Waals surface area contributed by atoms with Gasteiger partial charge in [-0.15, -0.1) is 0 Å². The molecule has 0 saturated carbocycles. The molecule has 0 aliphatic heterocycles. The van der Waals surface area contributed by atoms with Gasteiger partial charge in [0.2, 0.25) is 0 Å². The Hall–Kier alpha value is -2.76. The molecular weight excluding hydrogens is 272 g/mol. The van der Waals surface area contributed by atoms with Crippen LogP contribution in [0.15, 0.2) is 36.5 Å². The molecule has 2 aromatic rings. The molecule has 0 amide bonds. The minimum absolute atomic E-state index is 0.159. The van der Waals surface area contributed by atoms with Gasteiger partial charge in [0, 0.05) is 12.7 Å². The highest BCUT2D eigenvalue weighted by Crippen LogP contribution is 2.27. The third-order valence-corrected chi connectivity index (χ3v) is 2.93. The van der Waals surface area contributed by atoms with E-state index in [4.69, 9.17) is 14.6 Å². The number of methoxy groups -OCH3 is 2. The molecule has 21 heavy (non-hydrogen) atoms. The number of carboxylic acid groups (broad SMARTS) is 1. The van der Waals surface area contributed by atoms with Crippen molar-refractivity contribution in [2.75, 3.05) is 19.5 Å². The van der Waals surface area contributed by atoms with Crippen LogP contribution in [0, 0.1) is 0 Å². The molecule has 0 spiro atoms. The Labute approximate surface area is 122 Å². The number of anilines is 1. The normalized spacial score (nSPS) is 10.0. The van der Waals surface area contributed by atoms with Gasteiger partial charge < -0.3 is 19.9 Å². The Morgan fingerprint density at radius 1 is 1.19 bits per heavy atom. The molecule has 110 valence electrons. The number of hydrogen-bond donors (Lipinski definition) is 2. The maximum Gasteiger partial charge on any atom is 0.337 e. The minimum atomic E-state index is -0.992. The number of aromatic nitrogens is 1. The molecule has 1 aromatic carbocycles. The summed E-state index contributed by atoms with van der Waals surface area (Å²) in [6, 6.07) is 8.75. The lowest BCUT2D eigenvalue weighted by molar-refractivity contribution is 0.0696. The maximum atomic E-state index is 10.7. The summed E-state index contributed by atoms with van der Waals surface area (Å²) in [6.07, 6.45) is 1.32. The average molecular weight is 288 g/mol. The molecule has 6 nitrogen and oxygen atoms in total. The van der Waals surface area contributed by atoms with Gasteiger partial charge in [0.15, 0.2) is 11.5 Å². The number of ether oxygens (including phenoxy) is 2. The highest BCUT2D eigenvalue weighted by Gasteiger charge is 2.05. The summed E-state index contributed by atoms with van der Waals surface area (Å²) in [4.78, 5) is 14.8. The summed E-state index contributed by atoms with van der Waals surface area (Å²) in [6.45, 7) is 0.541. The van der Waals surface area contributed by atoms with Gasteiger partial charge >= 0.3 is 5.97 Å². The number of hydrogen-bond acceptors (Lipinski definition) is 5. The fourth-order valence-electron chi connectivity index (χ4n) is 1.81. The summed E-state index contributed by atoms with van der Waals surface area (Å²) in [5.41, 5.74) is 1.16. The van der Waals surface area contributed by atoms with Crippen LogP contribution >= 0.6 is 0 Å². The Morgan fingerprint density at radius 2 is 1.95 bits per heavy atom. The zero-order valence-corrected chi connectivity index (χ0v) is 11.8. The molecule has 0 atom stereocenters. The lowest BCUT2D eigenvalue weighted by Crippen LogP contribution is -2.03. The number of carbonyl (C=O) groups is 1. The van der Waals surface area contributed by atoms with E-state index in [1.165, 1.54) is 12.3 Å². The monoisotopic (exact) mass is 288 g/mol. The van der Waals surface area contributed by atoms with Crippen molar-refractivity contribution < 1.29 is 19.4 Å².